The highest BCUT2D eigenvalue weighted by Gasteiger charge is 2.50. The molecule has 104 valence electrons. The van der Waals surface area contributed by atoms with Gasteiger partial charge in [-0.2, -0.15) is 0 Å². The number of carbonyl (C=O) groups excluding carboxylic acids is 1. The van der Waals surface area contributed by atoms with Gasteiger partial charge in [-0.25, -0.2) is 12.7 Å². The summed E-state index contributed by atoms with van der Waals surface area (Å²) in [6.07, 6.45) is 2.21. The van der Waals surface area contributed by atoms with Gasteiger partial charge in [0.15, 0.2) is 0 Å². The molecule has 1 spiro atoms. The normalized spacial score (nSPS) is 24.2. The van der Waals surface area contributed by atoms with Crippen molar-refractivity contribution in [1.82, 2.24) is 9.62 Å². The lowest BCUT2D eigenvalue weighted by Gasteiger charge is -2.31. The average Bonchev–Trinajstić information content (AvgIpc) is 2.57. The number of nitrogens with zero attached hydrogens (tertiary/aromatic N) is 1. The van der Waals surface area contributed by atoms with E-state index in [0.29, 0.717) is 13.0 Å². The minimum absolute atomic E-state index is 0.0485. The maximum absolute atomic E-state index is 12.4. The van der Waals surface area contributed by atoms with E-state index in [1.807, 2.05) is 13.8 Å². The number of sulfonamides is 1. The number of amides is 1. The van der Waals surface area contributed by atoms with Gasteiger partial charge < -0.3 is 5.32 Å². The summed E-state index contributed by atoms with van der Waals surface area (Å²) in [5.41, 5.74) is -0.407. The molecule has 0 aliphatic carbocycles. The molecule has 2 saturated heterocycles. The van der Waals surface area contributed by atoms with Crippen molar-refractivity contribution in [2.75, 3.05) is 25.4 Å². The summed E-state index contributed by atoms with van der Waals surface area (Å²) in [5.74, 6) is -0.0513. The molecule has 1 amide bonds. The van der Waals surface area contributed by atoms with E-state index in [1.165, 1.54) is 0 Å². The monoisotopic (exact) mass is 274 g/mol. The van der Waals surface area contributed by atoms with Gasteiger partial charge in [-0.3, -0.25) is 4.79 Å². The summed E-state index contributed by atoms with van der Waals surface area (Å²) >= 11 is 0. The quantitative estimate of drug-likeness (QED) is 0.817. The Morgan fingerprint density at radius 1 is 1.28 bits per heavy atom. The Morgan fingerprint density at radius 2 is 1.89 bits per heavy atom. The minimum atomic E-state index is -3.42. The summed E-state index contributed by atoms with van der Waals surface area (Å²) < 4.78 is 25.5. The molecule has 0 radical (unpaired) electrons. The molecular formula is C12H22N2O3S. The number of piperidine rings is 1. The van der Waals surface area contributed by atoms with Gasteiger partial charge in [0, 0.05) is 6.54 Å². The minimum Gasteiger partial charge on any atom is -0.317 e. The van der Waals surface area contributed by atoms with Crippen molar-refractivity contribution in [2.45, 2.75) is 33.1 Å². The van der Waals surface area contributed by atoms with Gasteiger partial charge in [0.05, 0.1) is 11.2 Å². The van der Waals surface area contributed by atoms with Crippen molar-refractivity contribution >= 4 is 15.9 Å². The highest BCUT2D eigenvalue weighted by Crippen LogP contribution is 2.41. The summed E-state index contributed by atoms with van der Waals surface area (Å²) in [5, 5.41) is 3.22. The summed E-state index contributed by atoms with van der Waals surface area (Å²) in [6, 6.07) is 0. The fourth-order valence-electron chi connectivity index (χ4n) is 2.93. The molecule has 2 fully saturated rings. The van der Waals surface area contributed by atoms with Crippen LogP contribution in [-0.2, 0) is 14.8 Å². The maximum atomic E-state index is 12.4. The second-order valence-electron chi connectivity index (χ2n) is 5.83. The van der Waals surface area contributed by atoms with E-state index in [0.717, 1.165) is 30.2 Å². The first kappa shape index (κ1) is 13.8. The number of hydrogen-bond acceptors (Lipinski definition) is 4. The van der Waals surface area contributed by atoms with Crippen LogP contribution in [0.15, 0.2) is 0 Å². The zero-order chi connectivity index (χ0) is 13.4. The van der Waals surface area contributed by atoms with Gasteiger partial charge >= 0.3 is 0 Å². The lowest BCUT2D eigenvalue weighted by molar-refractivity contribution is -0.133. The van der Waals surface area contributed by atoms with Crippen molar-refractivity contribution in [3.05, 3.63) is 0 Å². The molecule has 0 aromatic rings. The molecule has 0 aromatic carbocycles. The van der Waals surface area contributed by atoms with E-state index in [4.69, 9.17) is 0 Å². The van der Waals surface area contributed by atoms with Crippen LogP contribution in [0.5, 0.6) is 0 Å². The number of hydrogen-bond donors (Lipinski definition) is 1. The highest BCUT2D eigenvalue weighted by atomic mass is 32.2. The van der Waals surface area contributed by atoms with E-state index < -0.39 is 15.4 Å². The molecule has 2 aliphatic heterocycles. The largest absolute Gasteiger partial charge is 0.317 e. The molecule has 0 saturated carbocycles. The Morgan fingerprint density at radius 3 is 2.44 bits per heavy atom. The summed E-state index contributed by atoms with van der Waals surface area (Å²) in [4.78, 5) is 12.4. The van der Waals surface area contributed by atoms with E-state index in [9.17, 15) is 13.2 Å². The number of carbonyl (C=O) groups is 1. The molecule has 2 aliphatic rings. The van der Waals surface area contributed by atoms with Gasteiger partial charge in [0.1, 0.15) is 0 Å². The molecule has 2 rings (SSSR count). The molecule has 0 unspecified atom stereocenters. The van der Waals surface area contributed by atoms with Crippen LogP contribution in [0.2, 0.25) is 0 Å². The van der Waals surface area contributed by atoms with Crippen molar-refractivity contribution in [3.8, 4) is 0 Å². The molecule has 0 atom stereocenters. The van der Waals surface area contributed by atoms with Crippen molar-refractivity contribution in [3.63, 3.8) is 0 Å². The summed E-state index contributed by atoms with van der Waals surface area (Å²) in [6.45, 7) is 5.71. The third-order valence-electron chi connectivity index (χ3n) is 3.91. The van der Waals surface area contributed by atoms with Gasteiger partial charge in [-0.1, -0.05) is 13.8 Å². The molecule has 0 aromatic heterocycles. The van der Waals surface area contributed by atoms with E-state index in [-0.39, 0.29) is 17.6 Å². The lowest BCUT2D eigenvalue weighted by atomic mass is 9.78. The SMILES string of the molecule is CC(C)CS(=O)(=O)N1CCC2(CCNCC2)C1=O. The van der Waals surface area contributed by atoms with Crippen LogP contribution in [0.25, 0.3) is 0 Å². The first-order valence-corrected chi connectivity index (χ1v) is 8.24. The molecule has 18 heavy (non-hydrogen) atoms. The van der Waals surface area contributed by atoms with Crippen molar-refractivity contribution < 1.29 is 13.2 Å². The topological polar surface area (TPSA) is 66.5 Å². The lowest BCUT2D eigenvalue weighted by Crippen LogP contribution is -2.44. The average molecular weight is 274 g/mol. The van der Waals surface area contributed by atoms with Crippen molar-refractivity contribution in [2.24, 2.45) is 11.3 Å². The predicted octanol–water partition coefficient (Wildman–Crippen LogP) is 0.574. The zero-order valence-electron chi connectivity index (χ0n) is 11.1. The molecule has 0 bridgehead atoms. The molecular weight excluding hydrogens is 252 g/mol. The molecule has 5 nitrogen and oxygen atoms in total. The second kappa shape index (κ2) is 4.81. The Bertz CT molecular complexity index is 425. The van der Waals surface area contributed by atoms with E-state index >= 15 is 0 Å². The van der Waals surface area contributed by atoms with Gasteiger partial charge in [0.2, 0.25) is 15.9 Å². The smallest absolute Gasteiger partial charge is 0.242 e. The molecule has 1 N–H and O–H groups in total. The standard InChI is InChI=1S/C12H22N2O3S/c1-10(2)9-18(16,17)14-8-5-12(11(14)15)3-6-13-7-4-12/h10,13H,3-9H2,1-2H3. The van der Waals surface area contributed by atoms with Gasteiger partial charge in [-0.15, -0.1) is 0 Å². The van der Waals surface area contributed by atoms with E-state index in [1.54, 1.807) is 0 Å². The number of nitrogens with one attached hydrogen (secondary N) is 1. The Labute approximate surface area is 109 Å². The Kier molecular flexibility index (Phi) is 3.69. The number of rotatable bonds is 3. The van der Waals surface area contributed by atoms with Crippen LogP contribution in [0, 0.1) is 11.3 Å². The molecule has 6 heteroatoms. The van der Waals surface area contributed by atoms with Crippen LogP contribution in [-0.4, -0.2) is 44.0 Å². The highest BCUT2D eigenvalue weighted by molar-refractivity contribution is 7.89. The zero-order valence-corrected chi connectivity index (χ0v) is 11.9. The van der Waals surface area contributed by atoms with Crippen LogP contribution in [0.4, 0.5) is 0 Å². The van der Waals surface area contributed by atoms with Crippen molar-refractivity contribution in [1.29, 1.82) is 0 Å². The maximum Gasteiger partial charge on any atom is 0.242 e. The van der Waals surface area contributed by atoms with Gasteiger partial charge in [-0.05, 0) is 38.3 Å². The van der Waals surface area contributed by atoms with Crippen LogP contribution < -0.4 is 5.32 Å². The Hall–Kier alpha value is -0.620. The fourth-order valence-corrected chi connectivity index (χ4v) is 4.77. The third-order valence-corrected chi connectivity index (χ3v) is 6.02. The van der Waals surface area contributed by atoms with E-state index in [2.05, 4.69) is 5.32 Å². The van der Waals surface area contributed by atoms with Crippen LogP contribution in [0.1, 0.15) is 33.1 Å². The van der Waals surface area contributed by atoms with Crippen LogP contribution in [0.3, 0.4) is 0 Å². The first-order chi connectivity index (χ1) is 8.37. The van der Waals surface area contributed by atoms with Gasteiger partial charge in [0.25, 0.3) is 0 Å². The Balaban J connectivity index is 2.16. The summed E-state index contributed by atoms with van der Waals surface area (Å²) in [7, 11) is -3.42. The molecule has 2 heterocycles. The van der Waals surface area contributed by atoms with Crippen LogP contribution >= 0.6 is 0 Å². The third kappa shape index (κ3) is 2.40. The predicted molar refractivity (Wildman–Crippen MR) is 69.5 cm³/mol. The second-order valence-corrected chi connectivity index (χ2v) is 7.77. The fraction of sp³-hybridized carbons (Fsp3) is 0.917. The first-order valence-electron chi connectivity index (χ1n) is 6.63.